The highest BCUT2D eigenvalue weighted by Gasteiger charge is 2.24. The minimum absolute atomic E-state index is 0.0667. The molecule has 0 amide bonds. The van der Waals surface area contributed by atoms with Crippen LogP contribution < -0.4 is 5.32 Å². The van der Waals surface area contributed by atoms with Gasteiger partial charge >= 0.3 is 0 Å². The summed E-state index contributed by atoms with van der Waals surface area (Å²) in [5.74, 6) is 1.81. The molecule has 142 valence electrons. The molecule has 6 heteroatoms. The summed E-state index contributed by atoms with van der Waals surface area (Å²) in [6.45, 7) is 8.00. The second-order valence-corrected chi connectivity index (χ2v) is 7.32. The Bertz CT molecular complexity index is 526. The monoisotopic (exact) mass is 349 g/mol. The van der Waals surface area contributed by atoms with Crippen LogP contribution in [-0.2, 0) is 11.8 Å². The maximum Gasteiger partial charge on any atom is 0.193 e. The third-order valence-corrected chi connectivity index (χ3v) is 4.67. The number of aliphatic imine (C=N–C) groups is 1. The van der Waals surface area contributed by atoms with Gasteiger partial charge in [-0.05, 0) is 12.3 Å². The first-order valence-electron chi connectivity index (χ1n) is 9.66. The third-order valence-electron chi connectivity index (χ3n) is 4.67. The highest BCUT2D eigenvalue weighted by Crippen LogP contribution is 2.21. The normalized spacial score (nSPS) is 18.8. The zero-order chi connectivity index (χ0) is 18.1. The van der Waals surface area contributed by atoms with Crippen LogP contribution in [0.25, 0.3) is 0 Å². The fourth-order valence-electron chi connectivity index (χ4n) is 3.21. The molecule has 1 fully saturated rings. The van der Waals surface area contributed by atoms with Crippen LogP contribution in [0.2, 0.25) is 0 Å². The first-order valence-corrected chi connectivity index (χ1v) is 9.66. The third kappa shape index (κ3) is 6.69. The molecular weight excluding hydrogens is 314 g/mol. The number of nitrogens with one attached hydrogen (secondary N) is 1. The Hall–Kier alpha value is -1.56. The molecule has 1 saturated heterocycles. The van der Waals surface area contributed by atoms with Crippen LogP contribution in [0.15, 0.2) is 17.4 Å². The van der Waals surface area contributed by atoms with E-state index in [4.69, 9.17) is 4.74 Å². The van der Waals surface area contributed by atoms with Gasteiger partial charge in [-0.3, -0.25) is 9.67 Å². The van der Waals surface area contributed by atoms with E-state index in [1.807, 2.05) is 31.2 Å². The molecule has 0 spiro atoms. The number of hydrogen-bond donors (Lipinski definition) is 1. The van der Waals surface area contributed by atoms with Crippen LogP contribution in [0.1, 0.15) is 57.6 Å². The summed E-state index contributed by atoms with van der Waals surface area (Å²) in [6, 6.07) is 0. The highest BCUT2D eigenvalue weighted by molar-refractivity contribution is 5.80. The maximum absolute atomic E-state index is 5.91. The SMILES string of the molecule is CN=C(NCCCCCCC(C)C)N1CCOC(c2cnn(C)c2)C1. The van der Waals surface area contributed by atoms with Crippen molar-refractivity contribution in [3.8, 4) is 0 Å². The van der Waals surface area contributed by atoms with E-state index < -0.39 is 0 Å². The number of morpholine rings is 1. The molecule has 25 heavy (non-hydrogen) atoms. The van der Waals surface area contributed by atoms with Crippen LogP contribution in [0, 0.1) is 5.92 Å². The van der Waals surface area contributed by atoms with Gasteiger partial charge in [0.25, 0.3) is 0 Å². The van der Waals surface area contributed by atoms with E-state index in [0.717, 1.165) is 43.7 Å². The van der Waals surface area contributed by atoms with Gasteiger partial charge in [-0.15, -0.1) is 0 Å². The van der Waals surface area contributed by atoms with Crippen molar-refractivity contribution in [2.75, 3.05) is 33.3 Å². The number of ether oxygens (including phenoxy) is 1. The molecular formula is C19H35N5O. The lowest BCUT2D eigenvalue weighted by Crippen LogP contribution is -2.48. The van der Waals surface area contributed by atoms with Crippen LogP contribution >= 0.6 is 0 Å². The summed E-state index contributed by atoms with van der Waals surface area (Å²) in [4.78, 5) is 6.75. The second-order valence-electron chi connectivity index (χ2n) is 7.32. The van der Waals surface area contributed by atoms with Gasteiger partial charge in [0.15, 0.2) is 5.96 Å². The van der Waals surface area contributed by atoms with Crippen molar-refractivity contribution in [2.45, 2.75) is 52.1 Å². The van der Waals surface area contributed by atoms with E-state index in [0.29, 0.717) is 0 Å². The molecule has 1 aliphatic rings. The van der Waals surface area contributed by atoms with Gasteiger partial charge < -0.3 is 15.0 Å². The van der Waals surface area contributed by atoms with Gasteiger partial charge in [0.1, 0.15) is 6.10 Å². The van der Waals surface area contributed by atoms with E-state index >= 15 is 0 Å². The highest BCUT2D eigenvalue weighted by atomic mass is 16.5. The fourth-order valence-corrected chi connectivity index (χ4v) is 3.21. The molecule has 1 unspecified atom stereocenters. The number of rotatable bonds is 8. The van der Waals surface area contributed by atoms with Crippen molar-refractivity contribution >= 4 is 5.96 Å². The van der Waals surface area contributed by atoms with E-state index in [-0.39, 0.29) is 6.10 Å². The summed E-state index contributed by atoms with van der Waals surface area (Å²) >= 11 is 0. The zero-order valence-corrected chi connectivity index (χ0v) is 16.4. The number of aryl methyl sites for hydroxylation is 1. The molecule has 2 heterocycles. The van der Waals surface area contributed by atoms with Gasteiger partial charge in [-0.2, -0.15) is 5.10 Å². The molecule has 0 bridgehead atoms. The summed E-state index contributed by atoms with van der Waals surface area (Å²) in [6.07, 6.45) is 10.5. The van der Waals surface area contributed by atoms with Crippen molar-refractivity contribution in [1.82, 2.24) is 20.0 Å². The summed E-state index contributed by atoms with van der Waals surface area (Å²) in [5.41, 5.74) is 1.13. The molecule has 1 aromatic rings. The zero-order valence-electron chi connectivity index (χ0n) is 16.4. The predicted octanol–water partition coefficient (Wildman–Crippen LogP) is 2.98. The quantitative estimate of drug-likeness (QED) is 0.445. The molecule has 6 nitrogen and oxygen atoms in total. The number of hydrogen-bond acceptors (Lipinski definition) is 3. The maximum atomic E-state index is 5.91. The molecule has 0 saturated carbocycles. The van der Waals surface area contributed by atoms with Crippen molar-refractivity contribution < 1.29 is 4.74 Å². The first kappa shape index (κ1) is 19.8. The summed E-state index contributed by atoms with van der Waals surface area (Å²) in [7, 11) is 3.80. The lowest BCUT2D eigenvalue weighted by Gasteiger charge is -2.34. The van der Waals surface area contributed by atoms with Crippen LogP contribution in [-0.4, -0.2) is 53.9 Å². The molecule has 1 aromatic heterocycles. The Kier molecular flexibility index (Phi) is 8.25. The summed E-state index contributed by atoms with van der Waals surface area (Å²) < 4.78 is 7.74. The average Bonchev–Trinajstić information content (AvgIpc) is 3.04. The largest absolute Gasteiger partial charge is 0.370 e. The minimum Gasteiger partial charge on any atom is -0.370 e. The Morgan fingerprint density at radius 2 is 2.16 bits per heavy atom. The molecule has 1 aliphatic heterocycles. The minimum atomic E-state index is 0.0667. The number of aromatic nitrogens is 2. The first-order chi connectivity index (χ1) is 12.1. The van der Waals surface area contributed by atoms with Gasteiger partial charge in [0.2, 0.25) is 0 Å². The van der Waals surface area contributed by atoms with Crippen molar-refractivity contribution in [3.63, 3.8) is 0 Å². The Labute approximate surface area is 152 Å². The lowest BCUT2D eigenvalue weighted by molar-refractivity contribution is -0.00802. The van der Waals surface area contributed by atoms with E-state index in [9.17, 15) is 0 Å². The standard InChI is InChI=1S/C19H35N5O/c1-16(2)9-7-5-6-8-10-21-19(20-3)24-11-12-25-18(15-24)17-13-22-23(4)14-17/h13-14,16,18H,5-12,15H2,1-4H3,(H,20,21). The fraction of sp³-hybridized carbons (Fsp3) is 0.789. The lowest BCUT2D eigenvalue weighted by atomic mass is 10.0. The smallest absolute Gasteiger partial charge is 0.193 e. The topological polar surface area (TPSA) is 54.7 Å². The summed E-state index contributed by atoms with van der Waals surface area (Å²) in [5, 5.41) is 7.77. The number of guanidine groups is 1. The van der Waals surface area contributed by atoms with Gasteiger partial charge in [-0.1, -0.05) is 39.5 Å². The molecule has 0 radical (unpaired) electrons. The molecule has 2 rings (SSSR count). The van der Waals surface area contributed by atoms with E-state index in [1.54, 1.807) is 0 Å². The van der Waals surface area contributed by atoms with Gasteiger partial charge in [-0.25, -0.2) is 0 Å². The molecule has 0 aromatic carbocycles. The van der Waals surface area contributed by atoms with Crippen LogP contribution in [0.5, 0.6) is 0 Å². The van der Waals surface area contributed by atoms with Crippen molar-refractivity contribution in [1.29, 1.82) is 0 Å². The Morgan fingerprint density at radius 1 is 1.36 bits per heavy atom. The van der Waals surface area contributed by atoms with E-state index in [2.05, 4.69) is 34.2 Å². The number of unbranched alkanes of at least 4 members (excludes halogenated alkanes) is 3. The second kappa shape index (κ2) is 10.4. The average molecular weight is 350 g/mol. The molecule has 1 N–H and O–H groups in total. The molecule has 1 atom stereocenters. The Morgan fingerprint density at radius 3 is 2.84 bits per heavy atom. The predicted molar refractivity (Wildman–Crippen MR) is 103 cm³/mol. The van der Waals surface area contributed by atoms with Gasteiger partial charge in [0.05, 0.1) is 19.3 Å². The van der Waals surface area contributed by atoms with Crippen LogP contribution in [0.4, 0.5) is 0 Å². The molecule has 0 aliphatic carbocycles. The number of nitrogens with zero attached hydrogens (tertiary/aromatic N) is 4. The van der Waals surface area contributed by atoms with E-state index in [1.165, 1.54) is 32.1 Å². The van der Waals surface area contributed by atoms with Crippen molar-refractivity contribution in [3.05, 3.63) is 18.0 Å². The van der Waals surface area contributed by atoms with Crippen LogP contribution in [0.3, 0.4) is 0 Å². The van der Waals surface area contributed by atoms with Crippen molar-refractivity contribution in [2.24, 2.45) is 18.0 Å². The Balaban J connectivity index is 1.71. The van der Waals surface area contributed by atoms with Gasteiger partial charge in [0, 0.05) is 38.9 Å².